The second kappa shape index (κ2) is 7.73. The summed E-state index contributed by atoms with van der Waals surface area (Å²) >= 11 is 0. The summed E-state index contributed by atoms with van der Waals surface area (Å²) in [5, 5.41) is 0. The van der Waals surface area contributed by atoms with Gasteiger partial charge in [-0.3, -0.25) is 4.79 Å². The highest BCUT2D eigenvalue weighted by Crippen LogP contribution is 2.25. The van der Waals surface area contributed by atoms with E-state index in [-0.39, 0.29) is 0 Å². The summed E-state index contributed by atoms with van der Waals surface area (Å²) in [4.78, 5) is 17.4. The minimum atomic E-state index is 0.350. The summed E-state index contributed by atoms with van der Waals surface area (Å²) < 4.78 is 0. The van der Waals surface area contributed by atoms with Gasteiger partial charge in [0.2, 0.25) is 0 Å². The molecule has 0 bridgehead atoms. The van der Waals surface area contributed by atoms with Crippen molar-refractivity contribution in [2.24, 2.45) is 11.8 Å². The number of Topliss-reactive ketones (excluding diaryl/α,β-unsaturated/α-hetero) is 1. The monoisotopic (exact) mass is 292 g/mol. The lowest BCUT2D eigenvalue weighted by Crippen LogP contribution is -2.41. The van der Waals surface area contributed by atoms with Gasteiger partial charge in [0, 0.05) is 25.4 Å². The Bertz CT molecular complexity index is 330. The fraction of sp³-hybridized carbons (Fsp3) is 0.944. The Morgan fingerprint density at radius 2 is 1.48 bits per heavy atom. The Morgan fingerprint density at radius 3 is 2.24 bits per heavy atom. The Labute approximate surface area is 130 Å². The van der Waals surface area contributed by atoms with Gasteiger partial charge in [0.05, 0.1) is 0 Å². The molecule has 21 heavy (non-hydrogen) atoms. The van der Waals surface area contributed by atoms with Crippen LogP contribution in [0.3, 0.4) is 0 Å². The van der Waals surface area contributed by atoms with Crippen molar-refractivity contribution < 1.29 is 4.79 Å². The van der Waals surface area contributed by atoms with Crippen LogP contribution in [-0.4, -0.2) is 54.9 Å². The molecule has 3 rings (SSSR count). The molecular formula is C18H32N2O. The number of carbonyl (C=O) groups is 1. The molecule has 0 amide bonds. The smallest absolute Gasteiger partial charge is 0.137 e. The van der Waals surface area contributed by atoms with Crippen LogP contribution in [0.1, 0.15) is 57.8 Å². The molecule has 1 saturated carbocycles. The highest BCUT2D eigenvalue weighted by Gasteiger charge is 2.27. The largest absolute Gasteiger partial charge is 0.303 e. The van der Waals surface area contributed by atoms with E-state index in [1.807, 2.05) is 0 Å². The zero-order chi connectivity index (χ0) is 14.5. The minimum absolute atomic E-state index is 0.350. The zero-order valence-corrected chi connectivity index (χ0v) is 13.6. The fourth-order valence-corrected chi connectivity index (χ4v) is 4.42. The molecule has 3 aliphatic rings. The summed E-state index contributed by atoms with van der Waals surface area (Å²) in [5.74, 6) is 1.80. The third kappa shape index (κ3) is 4.53. The first kappa shape index (κ1) is 15.5. The molecule has 0 aromatic rings. The Balaban J connectivity index is 1.39. The molecule has 120 valence electrons. The van der Waals surface area contributed by atoms with Crippen molar-refractivity contribution >= 4 is 5.78 Å². The van der Waals surface area contributed by atoms with Crippen molar-refractivity contribution in [1.82, 2.24) is 9.80 Å². The van der Waals surface area contributed by atoms with Gasteiger partial charge in [0.1, 0.15) is 5.78 Å². The molecule has 0 aromatic heterocycles. The van der Waals surface area contributed by atoms with Crippen LogP contribution in [0, 0.1) is 11.8 Å². The molecule has 1 unspecified atom stereocenters. The Hall–Kier alpha value is -0.410. The van der Waals surface area contributed by atoms with Crippen LogP contribution in [-0.2, 0) is 4.79 Å². The average Bonchev–Trinajstić information content (AvgIpc) is 2.92. The van der Waals surface area contributed by atoms with Gasteiger partial charge in [-0.05, 0) is 70.6 Å². The molecule has 2 aliphatic heterocycles. The number of carbonyl (C=O) groups excluding carboxylic acids is 1. The molecule has 3 nitrogen and oxygen atoms in total. The summed E-state index contributed by atoms with van der Waals surface area (Å²) in [5.41, 5.74) is 0. The summed E-state index contributed by atoms with van der Waals surface area (Å²) in [6, 6.07) is 0. The third-order valence-corrected chi connectivity index (χ3v) is 5.83. The molecule has 3 fully saturated rings. The van der Waals surface area contributed by atoms with E-state index in [1.54, 1.807) is 0 Å². The van der Waals surface area contributed by atoms with Gasteiger partial charge in [0.15, 0.2) is 0 Å². The maximum absolute atomic E-state index is 12.1. The number of ketones is 1. The number of nitrogens with zero attached hydrogens (tertiary/aromatic N) is 2. The number of piperidine rings is 1. The summed E-state index contributed by atoms with van der Waals surface area (Å²) in [6.45, 7) is 7.49. The van der Waals surface area contributed by atoms with E-state index in [2.05, 4.69) is 9.80 Å². The minimum Gasteiger partial charge on any atom is -0.303 e. The van der Waals surface area contributed by atoms with E-state index in [1.165, 1.54) is 71.2 Å². The molecule has 2 heterocycles. The van der Waals surface area contributed by atoms with Crippen molar-refractivity contribution in [2.45, 2.75) is 57.8 Å². The van der Waals surface area contributed by atoms with Crippen molar-refractivity contribution in [1.29, 1.82) is 0 Å². The van der Waals surface area contributed by atoms with Crippen molar-refractivity contribution in [3.63, 3.8) is 0 Å². The molecule has 2 saturated heterocycles. The lowest BCUT2D eigenvalue weighted by Gasteiger charge is -2.35. The standard InChI is InChI=1S/C18H32N2O/c21-18-7-3-1-2-6-17(18)15-20-12-8-16(9-13-20)14-19-10-4-5-11-19/h16-17H,1-15H2. The van der Waals surface area contributed by atoms with Crippen LogP contribution in [0.2, 0.25) is 0 Å². The number of rotatable bonds is 4. The second-order valence-corrected chi connectivity index (χ2v) is 7.51. The maximum Gasteiger partial charge on any atom is 0.137 e. The molecule has 1 atom stereocenters. The van der Waals surface area contributed by atoms with Gasteiger partial charge in [-0.2, -0.15) is 0 Å². The van der Waals surface area contributed by atoms with Gasteiger partial charge < -0.3 is 9.80 Å². The van der Waals surface area contributed by atoms with Crippen LogP contribution in [0.25, 0.3) is 0 Å². The average molecular weight is 292 g/mol. The summed E-state index contributed by atoms with van der Waals surface area (Å²) in [6.07, 6.45) is 11.2. The highest BCUT2D eigenvalue weighted by atomic mass is 16.1. The van der Waals surface area contributed by atoms with Crippen molar-refractivity contribution in [3.05, 3.63) is 0 Å². The van der Waals surface area contributed by atoms with E-state index in [0.29, 0.717) is 11.7 Å². The van der Waals surface area contributed by atoms with E-state index in [9.17, 15) is 4.79 Å². The van der Waals surface area contributed by atoms with Crippen LogP contribution < -0.4 is 0 Å². The maximum atomic E-state index is 12.1. The lowest BCUT2D eigenvalue weighted by atomic mass is 9.93. The third-order valence-electron chi connectivity index (χ3n) is 5.83. The number of likely N-dealkylation sites (tertiary alicyclic amines) is 2. The zero-order valence-electron chi connectivity index (χ0n) is 13.6. The van der Waals surface area contributed by atoms with Gasteiger partial charge in [-0.15, -0.1) is 0 Å². The van der Waals surface area contributed by atoms with Gasteiger partial charge >= 0.3 is 0 Å². The van der Waals surface area contributed by atoms with Crippen LogP contribution >= 0.6 is 0 Å². The normalized spacial score (nSPS) is 30.7. The molecule has 0 radical (unpaired) electrons. The lowest BCUT2D eigenvalue weighted by molar-refractivity contribution is -0.123. The fourth-order valence-electron chi connectivity index (χ4n) is 4.42. The van der Waals surface area contributed by atoms with Crippen molar-refractivity contribution in [3.8, 4) is 0 Å². The topological polar surface area (TPSA) is 23.6 Å². The van der Waals surface area contributed by atoms with Gasteiger partial charge in [-0.1, -0.05) is 12.8 Å². The van der Waals surface area contributed by atoms with Gasteiger partial charge in [-0.25, -0.2) is 0 Å². The predicted molar refractivity (Wildman–Crippen MR) is 86.4 cm³/mol. The van der Waals surface area contributed by atoms with Crippen LogP contribution in [0.15, 0.2) is 0 Å². The summed E-state index contributed by atoms with van der Waals surface area (Å²) in [7, 11) is 0. The van der Waals surface area contributed by atoms with Gasteiger partial charge in [0.25, 0.3) is 0 Å². The van der Waals surface area contributed by atoms with E-state index >= 15 is 0 Å². The number of hydrogen-bond acceptors (Lipinski definition) is 3. The van der Waals surface area contributed by atoms with Crippen LogP contribution in [0.4, 0.5) is 0 Å². The molecule has 0 spiro atoms. The van der Waals surface area contributed by atoms with Crippen LogP contribution in [0.5, 0.6) is 0 Å². The first-order valence-corrected chi connectivity index (χ1v) is 9.28. The first-order valence-electron chi connectivity index (χ1n) is 9.28. The molecule has 0 aromatic carbocycles. The first-order chi connectivity index (χ1) is 10.3. The SMILES string of the molecule is O=C1CCCCCC1CN1CCC(CN2CCCC2)CC1. The van der Waals surface area contributed by atoms with Crippen molar-refractivity contribution in [2.75, 3.05) is 39.3 Å². The Morgan fingerprint density at radius 1 is 0.762 bits per heavy atom. The molecule has 1 aliphatic carbocycles. The predicted octanol–water partition coefficient (Wildman–Crippen LogP) is 2.94. The molecular weight excluding hydrogens is 260 g/mol. The highest BCUT2D eigenvalue weighted by molar-refractivity contribution is 5.81. The Kier molecular flexibility index (Phi) is 5.70. The van der Waals surface area contributed by atoms with E-state index in [4.69, 9.17) is 0 Å². The van der Waals surface area contributed by atoms with E-state index < -0.39 is 0 Å². The molecule has 3 heteroatoms. The molecule has 0 N–H and O–H groups in total. The number of hydrogen-bond donors (Lipinski definition) is 0. The van der Waals surface area contributed by atoms with E-state index in [0.717, 1.165) is 31.7 Å². The quantitative estimate of drug-likeness (QED) is 0.744. The second-order valence-electron chi connectivity index (χ2n) is 7.51.